The summed E-state index contributed by atoms with van der Waals surface area (Å²) in [5.41, 5.74) is 0.316. The van der Waals surface area contributed by atoms with E-state index in [-0.39, 0.29) is 11.4 Å². The molecule has 81 valence electrons. The molecule has 0 N–H and O–H groups in total. The Morgan fingerprint density at radius 3 is 2.53 bits per heavy atom. The molecule has 0 saturated carbocycles. The largest absolute Gasteiger partial charge is 0.573 e. The molecule has 0 bridgehead atoms. The molecule has 0 amide bonds. The molecule has 0 spiro atoms. The van der Waals surface area contributed by atoms with Gasteiger partial charge in [-0.3, -0.25) is 4.79 Å². The maximum absolute atomic E-state index is 11.8. The van der Waals surface area contributed by atoms with Gasteiger partial charge in [-0.2, -0.15) is 0 Å². The third kappa shape index (κ3) is 4.20. The van der Waals surface area contributed by atoms with Gasteiger partial charge in [0.1, 0.15) is 5.75 Å². The summed E-state index contributed by atoms with van der Waals surface area (Å²) in [5.74, 6) is -0.444. The minimum absolute atomic E-state index is 0.0713. The number of halogens is 4. The third-order valence-corrected chi connectivity index (χ3v) is 1.66. The number of hydrogen-bond donors (Lipinski definition) is 0. The van der Waals surface area contributed by atoms with Gasteiger partial charge in [0.25, 0.3) is 0 Å². The maximum atomic E-state index is 11.8. The Kier molecular flexibility index (Phi) is 3.57. The van der Waals surface area contributed by atoms with Crippen molar-refractivity contribution in [1.29, 1.82) is 0 Å². The molecule has 1 rings (SSSR count). The van der Waals surface area contributed by atoms with Crippen molar-refractivity contribution in [3.8, 4) is 5.75 Å². The van der Waals surface area contributed by atoms with Crippen LogP contribution in [0.3, 0.4) is 0 Å². The molecule has 1 aromatic rings. The summed E-state index contributed by atoms with van der Waals surface area (Å²) < 4.78 is 39.2. The number of ether oxygens (including phenoxy) is 1. The Morgan fingerprint density at radius 2 is 2.00 bits per heavy atom. The van der Waals surface area contributed by atoms with Crippen molar-refractivity contribution in [3.63, 3.8) is 0 Å². The highest BCUT2D eigenvalue weighted by Gasteiger charge is 2.31. The summed E-state index contributed by atoms with van der Waals surface area (Å²) in [4.78, 5) is 10.1. The van der Waals surface area contributed by atoms with Crippen LogP contribution in [0, 0.1) is 0 Å². The number of rotatable bonds is 3. The van der Waals surface area contributed by atoms with Gasteiger partial charge in [0.2, 0.25) is 6.29 Å². The monoisotopic (exact) mass is 237 g/mol. The van der Waals surface area contributed by atoms with E-state index in [2.05, 4.69) is 4.74 Å². The molecule has 0 fully saturated rings. The predicted molar refractivity (Wildman–Crippen MR) is 47.5 cm³/mol. The average Bonchev–Trinajstić information content (AvgIpc) is 1.99. The van der Waals surface area contributed by atoms with Gasteiger partial charge in [0.05, 0.1) is 0 Å². The first-order chi connectivity index (χ1) is 6.90. The first-order valence-corrected chi connectivity index (χ1v) is 4.19. The van der Waals surface area contributed by atoms with E-state index in [4.69, 9.17) is 11.6 Å². The normalized spacial score (nSPS) is 11.2. The zero-order chi connectivity index (χ0) is 11.5. The van der Waals surface area contributed by atoms with Crippen LogP contribution >= 0.6 is 11.6 Å². The molecule has 0 atom stereocenters. The summed E-state index contributed by atoms with van der Waals surface area (Å²) in [6.45, 7) is 0. The fourth-order valence-corrected chi connectivity index (χ4v) is 1.25. The van der Waals surface area contributed by atoms with Crippen LogP contribution in [0.4, 0.5) is 13.2 Å². The second-order valence-electron chi connectivity index (χ2n) is 2.66. The highest BCUT2D eigenvalue weighted by atomic mass is 35.5. The van der Waals surface area contributed by atoms with Gasteiger partial charge in [0, 0.05) is 11.4 Å². The minimum atomic E-state index is -4.77. The fraction of sp³-hybridized carbons (Fsp3) is 0.222. The first-order valence-electron chi connectivity index (χ1n) is 3.81. The highest BCUT2D eigenvalue weighted by Crippen LogP contribution is 2.26. The maximum Gasteiger partial charge on any atom is 0.573 e. The molecule has 0 saturated heterocycles. The van der Waals surface area contributed by atoms with Crippen molar-refractivity contribution < 1.29 is 22.7 Å². The molecule has 0 aromatic heterocycles. The van der Waals surface area contributed by atoms with E-state index >= 15 is 0 Å². The molecule has 0 aliphatic carbocycles. The van der Waals surface area contributed by atoms with Crippen LogP contribution in [-0.4, -0.2) is 12.6 Å². The van der Waals surface area contributed by atoms with Crippen LogP contribution in [0.2, 0.25) is 5.02 Å². The molecule has 0 aliphatic heterocycles. The SMILES string of the molecule is O=[C]Cc1cc(Cl)cc(OC(F)(F)F)c1. The zero-order valence-electron chi connectivity index (χ0n) is 7.27. The van der Waals surface area contributed by atoms with Gasteiger partial charge < -0.3 is 4.74 Å². The van der Waals surface area contributed by atoms with Gasteiger partial charge in [-0.25, -0.2) is 0 Å². The number of hydrogen-bond acceptors (Lipinski definition) is 2. The van der Waals surface area contributed by atoms with Crippen molar-refractivity contribution in [2.75, 3.05) is 0 Å². The molecule has 1 aromatic carbocycles. The van der Waals surface area contributed by atoms with E-state index in [0.717, 1.165) is 12.1 Å². The lowest BCUT2D eigenvalue weighted by Crippen LogP contribution is -2.17. The van der Waals surface area contributed by atoms with Crippen molar-refractivity contribution in [3.05, 3.63) is 28.8 Å². The second-order valence-corrected chi connectivity index (χ2v) is 3.10. The van der Waals surface area contributed by atoms with Crippen LogP contribution in [-0.2, 0) is 11.2 Å². The van der Waals surface area contributed by atoms with Crippen LogP contribution in [0.15, 0.2) is 18.2 Å². The molecule has 6 heteroatoms. The van der Waals surface area contributed by atoms with E-state index < -0.39 is 12.1 Å². The summed E-state index contributed by atoms with van der Waals surface area (Å²) in [5, 5.41) is 0.0713. The van der Waals surface area contributed by atoms with E-state index in [0.29, 0.717) is 5.56 Å². The quantitative estimate of drug-likeness (QED) is 0.808. The Balaban J connectivity index is 2.93. The van der Waals surface area contributed by atoms with Gasteiger partial charge in [-0.05, 0) is 23.8 Å². The first kappa shape index (κ1) is 11.8. The molecule has 0 unspecified atom stereocenters. The molecule has 1 radical (unpaired) electrons. The number of alkyl halides is 3. The summed E-state index contributed by atoms with van der Waals surface area (Å²) in [7, 11) is 0. The van der Waals surface area contributed by atoms with Crippen molar-refractivity contribution in [2.45, 2.75) is 12.8 Å². The minimum Gasteiger partial charge on any atom is -0.406 e. The Hall–Kier alpha value is -1.23. The average molecular weight is 238 g/mol. The van der Waals surface area contributed by atoms with E-state index in [1.54, 1.807) is 6.29 Å². The van der Waals surface area contributed by atoms with Crippen molar-refractivity contribution in [1.82, 2.24) is 0 Å². The molecular weight excluding hydrogens is 233 g/mol. The van der Waals surface area contributed by atoms with Crippen LogP contribution < -0.4 is 4.74 Å². The molecule has 0 heterocycles. The Morgan fingerprint density at radius 1 is 1.33 bits per heavy atom. The molecule has 2 nitrogen and oxygen atoms in total. The number of benzene rings is 1. The van der Waals surface area contributed by atoms with Crippen LogP contribution in [0.1, 0.15) is 5.56 Å². The Bertz CT molecular complexity index is 363. The Labute approximate surface area is 88.6 Å². The fourth-order valence-electron chi connectivity index (χ4n) is 0.999. The zero-order valence-corrected chi connectivity index (χ0v) is 8.02. The predicted octanol–water partition coefficient (Wildman–Crippen LogP) is 2.89. The lowest BCUT2D eigenvalue weighted by atomic mass is 10.1. The summed E-state index contributed by atoms with van der Waals surface area (Å²) >= 11 is 5.54. The standard InChI is InChI=1S/C9H5ClF3O2/c10-7-3-6(1-2-14)4-8(5-7)15-9(11,12)13/h3-5H,1H2. The topological polar surface area (TPSA) is 26.3 Å². The van der Waals surface area contributed by atoms with E-state index in [9.17, 15) is 18.0 Å². The van der Waals surface area contributed by atoms with Gasteiger partial charge in [0.15, 0.2) is 0 Å². The lowest BCUT2D eigenvalue weighted by molar-refractivity contribution is -0.274. The van der Waals surface area contributed by atoms with E-state index in [1.165, 1.54) is 6.07 Å². The van der Waals surface area contributed by atoms with E-state index in [1.807, 2.05) is 0 Å². The van der Waals surface area contributed by atoms with Crippen molar-refractivity contribution >= 4 is 17.9 Å². The van der Waals surface area contributed by atoms with Gasteiger partial charge in [-0.15, -0.1) is 13.2 Å². The van der Waals surface area contributed by atoms with Gasteiger partial charge in [-0.1, -0.05) is 11.6 Å². The van der Waals surface area contributed by atoms with Crippen LogP contribution in [0.5, 0.6) is 5.75 Å². The molecular formula is C9H5ClF3O2. The second kappa shape index (κ2) is 4.53. The smallest absolute Gasteiger partial charge is 0.406 e. The van der Waals surface area contributed by atoms with Crippen molar-refractivity contribution in [2.24, 2.45) is 0 Å². The summed E-state index contributed by atoms with van der Waals surface area (Å²) in [6, 6.07) is 3.48. The van der Waals surface area contributed by atoms with Crippen LogP contribution in [0.25, 0.3) is 0 Å². The highest BCUT2D eigenvalue weighted by molar-refractivity contribution is 6.30. The molecule has 15 heavy (non-hydrogen) atoms. The lowest BCUT2D eigenvalue weighted by Gasteiger charge is -2.09. The number of carbonyl (C=O) groups excluding carboxylic acids is 1. The summed E-state index contributed by atoms with van der Waals surface area (Å²) in [6.07, 6.45) is -3.35. The third-order valence-electron chi connectivity index (χ3n) is 1.44. The molecule has 0 aliphatic rings. The van der Waals surface area contributed by atoms with Gasteiger partial charge >= 0.3 is 6.36 Å².